The smallest absolute Gasteiger partial charge is 0.0594 e. The van der Waals surface area contributed by atoms with Gasteiger partial charge in [-0.25, -0.2) is 0 Å². The summed E-state index contributed by atoms with van der Waals surface area (Å²) in [6.45, 7) is 4.55. The highest BCUT2D eigenvalue weighted by atomic mass is 15.3. The zero-order chi connectivity index (χ0) is 6.69. The summed E-state index contributed by atoms with van der Waals surface area (Å²) in [5.74, 6) is 0. The van der Waals surface area contributed by atoms with Crippen LogP contribution in [0.1, 0.15) is 19.8 Å². The molecule has 0 aromatic rings. The summed E-state index contributed by atoms with van der Waals surface area (Å²) >= 11 is 0. The van der Waals surface area contributed by atoms with Gasteiger partial charge in [-0.15, -0.1) is 0 Å². The van der Waals surface area contributed by atoms with Crippen LogP contribution in [0.4, 0.5) is 0 Å². The fourth-order valence-corrected chi connectivity index (χ4v) is 1.26. The Bertz CT molecular complexity index is 77.0. The molecule has 0 aromatic carbocycles. The second kappa shape index (κ2) is 3.18. The Labute approximate surface area is 57.2 Å². The molecule has 54 valence electrons. The van der Waals surface area contributed by atoms with Gasteiger partial charge in [0.05, 0.1) is 6.17 Å². The monoisotopic (exact) mass is 128 g/mol. The van der Waals surface area contributed by atoms with Crippen LogP contribution in [-0.4, -0.2) is 31.2 Å². The first kappa shape index (κ1) is 7.03. The number of rotatable bonds is 2. The van der Waals surface area contributed by atoms with Gasteiger partial charge in [-0.05, 0) is 33.0 Å². The molecule has 0 saturated carbocycles. The molecule has 2 nitrogen and oxygen atoms in total. The zero-order valence-electron chi connectivity index (χ0n) is 6.35. The van der Waals surface area contributed by atoms with Crippen molar-refractivity contribution in [3.05, 3.63) is 0 Å². The second-order valence-corrected chi connectivity index (χ2v) is 2.69. The van der Waals surface area contributed by atoms with Gasteiger partial charge in [-0.2, -0.15) is 0 Å². The van der Waals surface area contributed by atoms with E-state index in [1.54, 1.807) is 0 Å². The molecule has 0 radical (unpaired) electrons. The Morgan fingerprint density at radius 2 is 2.44 bits per heavy atom. The molecule has 1 aliphatic rings. The predicted octanol–water partition coefficient (Wildman–Crippen LogP) is 0.648. The first-order valence-electron chi connectivity index (χ1n) is 3.78. The van der Waals surface area contributed by atoms with Gasteiger partial charge in [0.1, 0.15) is 0 Å². The van der Waals surface area contributed by atoms with Crippen LogP contribution in [0.5, 0.6) is 0 Å². The summed E-state index contributed by atoms with van der Waals surface area (Å²) < 4.78 is 0. The normalized spacial score (nSPS) is 27.7. The van der Waals surface area contributed by atoms with Crippen LogP contribution in [0, 0.1) is 0 Å². The lowest BCUT2D eigenvalue weighted by Gasteiger charge is -2.21. The van der Waals surface area contributed by atoms with Gasteiger partial charge in [-0.1, -0.05) is 6.92 Å². The Morgan fingerprint density at radius 3 is 2.89 bits per heavy atom. The van der Waals surface area contributed by atoms with E-state index in [2.05, 4.69) is 24.2 Å². The molecule has 1 rings (SSSR count). The van der Waals surface area contributed by atoms with Crippen molar-refractivity contribution < 1.29 is 0 Å². The molecule has 9 heavy (non-hydrogen) atoms. The first-order valence-corrected chi connectivity index (χ1v) is 3.78. The molecule has 1 saturated heterocycles. The van der Waals surface area contributed by atoms with Crippen molar-refractivity contribution in [2.45, 2.75) is 25.9 Å². The van der Waals surface area contributed by atoms with Crippen LogP contribution in [-0.2, 0) is 0 Å². The van der Waals surface area contributed by atoms with Crippen molar-refractivity contribution in [3.63, 3.8) is 0 Å². The molecule has 1 fully saturated rings. The van der Waals surface area contributed by atoms with Gasteiger partial charge in [0.2, 0.25) is 0 Å². The third kappa shape index (κ3) is 1.66. The molecule has 1 N–H and O–H groups in total. The van der Waals surface area contributed by atoms with E-state index >= 15 is 0 Å². The van der Waals surface area contributed by atoms with Gasteiger partial charge in [0.25, 0.3) is 0 Å². The van der Waals surface area contributed by atoms with Crippen molar-refractivity contribution in [1.29, 1.82) is 0 Å². The molecule has 1 aliphatic heterocycles. The Balaban J connectivity index is 2.24. The molecular weight excluding hydrogens is 112 g/mol. The maximum Gasteiger partial charge on any atom is 0.0594 e. The Morgan fingerprint density at radius 1 is 1.67 bits per heavy atom. The van der Waals surface area contributed by atoms with Crippen molar-refractivity contribution in [2.24, 2.45) is 0 Å². The van der Waals surface area contributed by atoms with Gasteiger partial charge >= 0.3 is 0 Å². The summed E-state index contributed by atoms with van der Waals surface area (Å²) in [7, 11) is 2.17. The topological polar surface area (TPSA) is 15.3 Å². The SMILES string of the molecule is CCN(C)C1CCCN1. The maximum atomic E-state index is 3.43. The third-order valence-corrected chi connectivity index (χ3v) is 2.07. The summed E-state index contributed by atoms with van der Waals surface area (Å²) in [5.41, 5.74) is 0. The van der Waals surface area contributed by atoms with Crippen LogP contribution in [0.3, 0.4) is 0 Å². The summed E-state index contributed by atoms with van der Waals surface area (Å²) in [5, 5.41) is 3.43. The summed E-state index contributed by atoms with van der Waals surface area (Å²) in [6.07, 6.45) is 3.33. The highest BCUT2D eigenvalue weighted by molar-refractivity contribution is 4.72. The van der Waals surface area contributed by atoms with Crippen molar-refractivity contribution in [3.8, 4) is 0 Å². The maximum absolute atomic E-state index is 3.43. The van der Waals surface area contributed by atoms with Crippen LogP contribution < -0.4 is 5.32 Å². The minimum atomic E-state index is 0.662. The fraction of sp³-hybridized carbons (Fsp3) is 1.00. The van der Waals surface area contributed by atoms with Crippen LogP contribution in [0.2, 0.25) is 0 Å². The van der Waals surface area contributed by atoms with Gasteiger partial charge in [0, 0.05) is 0 Å². The molecule has 0 aromatic heterocycles. The lowest BCUT2D eigenvalue weighted by molar-refractivity contribution is 0.237. The molecule has 1 atom stereocenters. The van der Waals surface area contributed by atoms with Gasteiger partial charge in [-0.3, -0.25) is 4.90 Å². The molecule has 1 heterocycles. The number of nitrogens with one attached hydrogen (secondary N) is 1. The standard InChI is InChI=1S/C7H16N2/c1-3-9(2)7-5-4-6-8-7/h7-8H,3-6H2,1-2H3. The minimum absolute atomic E-state index is 0.662. The van der Waals surface area contributed by atoms with E-state index in [9.17, 15) is 0 Å². The van der Waals surface area contributed by atoms with E-state index in [1.807, 2.05) is 0 Å². The van der Waals surface area contributed by atoms with E-state index in [1.165, 1.54) is 19.4 Å². The van der Waals surface area contributed by atoms with E-state index in [0.717, 1.165) is 6.54 Å². The molecule has 1 unspecified atom stereocenters. The molecule has 0 amide bonds. The number of hydrogen-bond donors (Lipinski definition) is 1. The predicted molar refractivity (Wildman–Crippen MR) is 39.3 cm³/mol. The van der Waals surface area contributed by atoms with Crippen LogP contribution in [0.15, 0.2) is 0 Å². The molecule has 0 bridgehead atoms. The van der Waals surface area contributed by atoms with Crippen molar-refractivity contribution in [2.75, 3.05) is 20.1 Å². The first-order chi connectivity index (χ1) is 4.34. The van der Waals surface area contributed by atoms with Gasteiger partial charge in [0.15, 0.2) is 0 Å². The third-order valence-electron chi connectivity index (χ3n) is 2.07. The van der Waals surface area contributed by atoms with Crippen LogP contribution in [0.25, 0.3) is 0 Å². The largest absolute Gasteiger partial charge is 0.302 e. The molecule has 0 aliphatic carbocycles. The van der Waals surface area contributed by atoms with Gasteiger partial charge < -0.3 is 5.32 Å². The van der Waals surface area contributed by atoms with Crippen molar-refractivity contribution >= 4 is 0 Å². The highest BCUT2D eigenvalue weighted by Gasteiger charge is 2.16. The second-order valence-electron chi connectivity index (χ2n) is 2.69. The van der Waals surface area contributed by atoms with E-state index < -0.39 is 0 Å². The Hall–Kier alpha value is -0.0800. The quantitative estimate of drug-likeness (QED) is 0.587. The van der Waals surface area contributed by atoms with E-state index in [0.29, 0.717) is 6.17 Å². The number of hydrogen-bond acceptors (Lipinski definition) is 2. The lowest BCUT2D eigenvalue weighted by Crippen LogP contribution is -2.38. The molecule has 0 spiro atoms. The molecule has 2 heteroatoms. The average molecular weight is 128 g/mol. The minimum Gasteiger partial charge on any atom is -0.302 e. The van der Waals surface area contributed by atoms with Crippen LogP contribution >= 0.6 is 0 Å². The Kier molecular flexibility index (Phi) is 2.49. The van der Waals surface area contributed by atoms with Crippen molar-refractivity contribution in [1.82, 2.24) is 10.2 Å². The average Bonchev–Trinajstić information content (AvgIpc) is 2.37. The van der Waals surface area contributed by atoms with E-state index in [-0.39, 0.29) is 0 Å². The highest BCUT2D eigenvalue weighted by Crippen LogP contribution is 2.07. The number of nitrogens with zero attached hydrogens (tertiary/aromatic N) is 1. The van der Waals surface area contributed by atoms with E-state index in [4.69, 9.17) is 0 Å². The summed E-state index contributed by atoms with van der Waals surface area (Å²) in [6, 6.07) is 0. The zero-order valence-corrected chi connectivity index (χ0v) is 6.35. The summed E-state index contributed by atoms with van der Waals surface area (Å²) in [4.78, 5) is 2.35. The lowest BCUT2D eigenvalue weighted by atomic mass is 10.3. The fourth-order valence-electron chi connectivity index (χ4n) is 1.26. The molecular formula is C7H16N2.